The summed E-state index contributed by atoms with van der Waals surface area (Å²) >= 11 is 0. The number of rotatable bonds is 6. The van der Waals surface area contributed by atoms with Crippen LogP contribution in [0.25, 0.3) is 0 Å². The monoisotopic (exact) mass is 293 g/mol. The molecule has 0 spiro atoms. The zero-order chi connectivity index (χ0) is 15.2. The van der Waals surface area contributed by atoms with Crippen molar-refractivity contribution in [2.75, 3.05) is 27.3 Å². The fourth-order valence-electron chi connectivity index (χ4n) is 2.66. The summed E-state index contributed by atoms with van der Waals surface area (Å²) in [7, 11) is 3.74. The molecule has 1 saturated heterocycles. The van der Waals surface area contributed by atoms with Gasteiger partial charge in [-0.1, -0.05) is 5.16 Å². The van der Waals surface area contributed by atoms with Crippen LogP contribution >= 0.6 is 0 Å². The van der Waals surface area contributed by atoms with Gasteiger partial charge in [-0.2, -0.15) is 0 Å². The Kier molecular flexibility index (Phi) is 5.27. The lowest BCUT2D eigenvalue weighted by Gasteiger charge is -2.20. The van der Waals surface area contributed by atoms with E-state index in [0.29, 0.717) is 29.7 Å². The average molecular weight is 293 g/mol. The van der Waals surface area contributed by atoms with Gasteiger partial charge in [0, 0.05) is 12.1 Å². The van der Waals surface area contributed by atoms with Crippen molar-refractivity contribution in [3.63, 3.8) is 0 Å². The molecule has 2 rings (SSSR count). The molecule has 1 atom stereocenters. The average Bonchev–Trinajstić information content (AvgIpc) is 2.91. The topological polar surface area (TPSA) is 80.3 Å². The highest BCUT2D eigenvalue weighted by Gasteiger charge is 2.20. The molecule has 1 heterocycles. The molecule has 3 N–H and O–H groups in total. The van der Waals surface area contributed by atoms with E-state index < -0.39 is 0 Å². The molecule has 1 fully saturated rings. The molecule has 1 aromatic carbocycles. The maximum atomic E-state index is 8.84. The van der Waals surface area contributed by atoms with Crippen molar-refractivity contribution in [1.29, 1.82) is 0 Å². The zero-order valence-corrected chi connectivity index (χ0v) is 12.6. The minimum atomic E-state index is 0.0330. The van der Waals surface area contributed by atoms with E-state index in [2.05, 4.69) is 17.1 Å². The van der Waals surface area contributed by atoms with Gasteiger partial charge in [-0.15, -0.1) is 0 Å². The van der Waals surface area contributed by atoms with Crippen molar-refractivity contribution >= 4 is 5.84 Å². The van der Waals surface area contributed by atoms with E-state index in [1.54, 1.807) is 25.3 Å². The van der Waals surface area contributed by atoms with E-state index in [9.17, 15) is 0 Å². The Bertz CT molecular complexity index is 505. The lowest BCUT2D eigenvalue weighted by Crippen LogP contribution is -2.26. The van der Waals surface area contributed by atoms with Crippen molar-refractivity contribution in [2.45, 2.75) is 25.3 Å². The SMILES string of the molecule is COc1ccc(/C(N)=N/O)c(OCCC2CCCN2C)c1. The number of hydrogen-bond acceptors (Lipinski definition) is 5. The second-order valence-electron chi connectivity index (χ2n) is 5.26. The first-order chi connectivity index (χ1) is 10.2. The summed E-state index contributed by atoms with van der Waals surface area (Å²) in [5, 5.41) is 11.9. The number of likely N-dealkylation sites (tertiary alicyclic amines) is 1. The Morgan fingerprint density at radius 2 is 2.33 bits per heavy atom. The predicted molar refractivity (Wildman–Crippen MR) is 81.3 cm³/mol. The van der Waals surface area contributed by atoms with Crippen LogP contribution in [0.5, 0.6) is 11.5 Å². The molecule has 1 aliphatic heterocycles. The van der Waals surface area contributed by atoms with Crippen LogP contribution in [0, 0.1) is 0 Å². The number of amidine groups is 1. The van der Waals surface area contributed by atoms with Crippen LogP contribution in [0.15, 0.2) is 23.4 Å². The highest BCUT2D eigenvalue weighted by molar-refractivity contribution is 5.99. The third kappa shape index (κ3) is 3.78. The van der Waals surface area contributed by atoms with Gasteiger partial charge in [0.2, 0.25) is 0 Å². The van der Waals surface area contributed by atoms with Gasteiger partial charge in [0.05, 0.1) is 19.3 Å². The van der Waals surface area contributed by atoms with Crippen LogP contribution < -0.4 is 15.2 Å². The van der Waals surface area contributed by atoms with Gasteiger partial charge < -0.3 is 25.3 Å². The van der Waals surface area contributed by atoms with Crippen LogP contribution in [0.2, 0.25) is 0 Å². The van der Waals surface area contributed by atoms with Crippen LogP contribution in [0.1, 0.15) is 24.8 Å². The van der Waals surface area contributed by atoms with E-state index >= 15 is 0 Å². The molecule has 0 radical (unpaired) electrons. The lowest BCUT2D eigenvalue weighted by molar-refractivity contribution is 0.232. The van der Waals surface area contributed by atoms with E-state index in [0.717, 1.165) is 13.0 Å². The Labute approximate surface area is 125 Å². The number of benzene rings is 1. The maximum Gasteiger partial charge on any atom is 0.173 e. The summed E-state index contributed by atoms with van der Waals surface area (Å²) in [6, 6.07) is 5.81. The molecule has 1 unspecified atom stereocenters. The number of ether oxygens (including phenoxy) is 2. The quantitative estimate of drug-likeness (QED) is 0.361. The zero-order valence-electron chi connectivity index (χ0n) is 12.6. The van der Waals surface area contributed by atoms with E-state index in [1.165, 1.54) is 12.8 Å². The van der Waals surface area contributed by atoms with Gasteiger partial charge in [-0.25, -0.2) is 0 Å². The second kappa shape index (κ2) is 7.17. The van der Waals surface area contributed by atoms with Crippen LogP contribution in [0.4, 0.5) is 0 Å². The van der Waals surface area contributed by atoms with Gasteiger partial charge in [0.25, 0.3) is 0 Å². The first kappa shape index (κ1) is 15.4. The molecule has 0 saturated carbocycles. The number of hydrogen-bond donors (Lipinski definition) is 2. The second-order valence-corrected chi connectivity index (χ2v) is 5.26. The smallest absolute Gasteiger partial charge is 0.173 e. The molecule has 21 heavy (non-hydrogen) atoms. The third-order valence-corrected chi connectivity index (χ3v) is 3.95. The van der Waals surface area contributed by atoms with Gasteiger partial charge in [0.15, 0.2) is 5.84 Å². The molecule has 0 aliphatic carbocycles. The Morgan fingerprint density at radius 1 is 1.52 bits per heavy atom. The summed E-state index contributed by atoms with van der Waals surface area (Å²) < 4.78 is 11.0. The molecule has 1 aromatic rings. The van der Waals surface area contributed by atoms with Gasteiger partial charge in [-0.3, -0.25) is 0 Å². The fourth-order valence-corrected chi connectivity index (χ4v) is 2.66. The Morgan fingerprint density at radius 3 is 2.95 bits per heavy atom. The van der Waals surface area contributed by atoms with E-state index in [1.807, 2.05) is 0 Å². The van der Waals surface area contributed by atoms with Gasteiger partial charge in [0.1, 0.15) is 11.5 Å². The van der Waals surface area contributed by atoms with Crippen LogP contribution in [-0.4, -0.2) is 49.3 Å². The highest BCUT2D eigenvalue weighted by Crippen LogP contribution is 2.26. The molecular formula is C15H23N3O3. The normalized spacial score (nSPS) is 19.7. The number of nitrogens with two attached hydrogens (primary N) is 1. The number of methoxy groups -OCH3 is 1. The Balaban J connectivity index is 2.03. The van der Waals surface area contributed by atoms with E-state index in [-0.39, 0.29) is 5.84 Å². The molecule has 6 heteroatoms. The molecule has 116 valence electrons. The molecule has 6 nitrogen and oxygen atoms in total. The molecule has 1 aliphatic rings. The van der Waals surface area contributed by atoms with Crippen molar-refractivity contribution < 1.29 is 14.7 Å². The van der Waals surface area contributed by atoms with Gasteiger partial charge in [-0.05, 0) is 45.0 Å². The molecule has 0 bridgehead atoms. The summed E-state index contributed by atoms with van der Waals surface area (Å²) in [5.41, 5.74) is 6.24. The van der Waals surface area contributed by atoms with Crippen LogP contribution in [0.3, 0.4) is 0 Å². The minimum absolute atomic E-state index is 0.0330. The number of oxime groups is 1. The van der Waals surface area contributed by atoms with Crippen molar-refractivity contribution in [2.24, 2.45) is 10.9 Å². The number of nitrogens with zero attached hydrogens (tertiary/aromatic N) is 2. The molecular weight excluding hydrogens is 270 g/mol. The summed E-state index contributed by atoms with van der Waals surface area (Å²) in [4.78, 5) is 2.36. The Hall–Kier alpha value is -1.95. The largest absolute Gasteiger partial charge is 0.497 e. The molecule has 0 amide bonds. The summed E-state index contributed by atoms with van der Waals surface area (Å²) in [5.74, 6) is 1.29. The highest BCUT2D eigenvalue weighted by atomic mass is 16.5. The van der Waals surface area contributed by atoms with Gasteiger partial charge >= 0.3 is 0 Å². The summed E-state index contributed by atoms with van der Waals surface area (Å²) in [6.45, 7) is 1.74. The third-order valence-electron chi connectivity index (χ3n) is 3.95. The lowest BCUT2D eigenvalue weighted by atomic mass is 10.1. The first-order valence-corrected chi connectivity index (χ1v) is 7.14. The summed E-state index contributed by atoms with van der Waals surface area (Å²) in [6.07, 6.45) is 3.42. The van der Waals surface area contributed by atoms with Crippen molar-refractivity contribution in [1.82, 2.24) is 4.90 Å². The predicted octanol–water partition coefficient (Wildman–Crippen LogP) is 1.65. The maximum absolute atomic E-state index is 8.84. The minimum Gasteiger partial charge on any atom is -0.497 e. The van der Waals surface area contributed by atoms with Crippen molar-refractivity contribution in [3.05, 3.63) is 23.8 Å². The molecule has 0 aromatic heterocycles. The van der Waals surface area contributed by atoms with E-state index in [4.69, 9.17) is 20.4 Å². The standard InChI is InChI=1S/C15H23N3O3/c1-18-8-3-4-11(18)7-9-21-14-10-12(20-2)5-6-13(14)15(16)17-19/h5-6,10-11,19H,3-4,7-9H2,1-2H3,(H2,16,17). The fraction of sp³-hybridized carbons (Fsp3) is 0.533. The van der Waals surface area contributed by atoms with Crippen molar-refractivity contribution in [3.8, 4) is 11.5 Å². The first-order valence-electron chi connectivity index (χ1n) is 7.14. The van der Waals surface area contributed by atoms with Crippen LogP contribution in [-0.2, 0) is 0 Å².